The SMILES string of the molecule is C=C1/C=C\C2OC(=S)OC2CCC1. The van der Waals surface area contributed by atoms with E-state index in [-0.39, 0.29) is 17.4 Å². The lowest BCUT2D eigenvalue weighted by Gasteiger charge is -2.14. The zero-order valence-corrected chi connectivity index (χ0v) is 8.18. The minimum Gasteiger partial charge on any atom is -0.449 e. The third-order valence-electron chi connectivity index (χ3n) is 2.35. The van der Waals surface area contributed by atoms with Gasteiger partial charge in [0.15, 0.2) is 6.10 Å². The van der Waals surface area contributed by atoms with Crippen LogP contribution in [0.4, 0.5) is 0 Å². The first-order valence-electron chi connectivity index (χ1n) is 4.49. The molecule has 1 aliphatic carbocycles. The standard InChI is InChI=1S/C10H12O2S/c1-7-3-2-4-8-9(6-5-7)12-10(13)11-8/h5-6,8-9H,1-4H2/b6-5-. The molecule has 2 unspecified atom stereocenters. The number of thiocarbonyl (C=S) groups is 1. The molecular formula is C10H12O2S. The Morgan fingerprint density at radius 2 is 2.31 bits per heavy atom. The van der Waals surface area contributed by atoms with Crippen molar-refractivity contribution < 1.29 is 9.47 Å². The molecule has 13 heavy (non-hydrogen) atoms. The number of hydrogen-bond acceptors (Lipinski definition) is 3. The molecule has 0 aromatic heterocycles. The van der Waals surface area contributed by atoms with Crippen molar-refractivity contribution in [3.8, 4) is 0 Å². The first kappa shape index (κ1) is 8.75. The average Bonchev–Trinajstić information content (AvgIpc) is 2.40. The van der Waals surface area contributed by atoms with Crippen LogP contribution < -0.4 is 0 Å². The second-order valence-electron chi connectivity index (χ2n) is 3.40. The molecule has 3 heteroatoms. The smallest absolute Gasteiger partial charge is 0.353 e. The summed E-state index contributed by atoms with van der Waals surface area (Å²) in [6, 6.07) is 0. The normalized spacial score (nSPS) is 35.4. The molecule has 0 amide bonds. The lowest BCUT2D eigenvalue weighted by atomic mass is 9.99. The van der Waals surface area contributed by atoms with Gasteiger partial charge in [-0.05, 0) is 25.3 Å². The van der Waals surface area contributed by atoms with E-state index >= 15 is 0 Å². The Morgan fingerprint density at radius 1 is 1.46 bits per heavy atom. The van der Waals surface area contributed by atoms with Crippen molar-refractivity contribution in [2.45, 2.75) is 31.5 Å². The molecule has 0 aromatic rings. The van der Waals surface area contributed by atoms with Crippen molar-refractivity contribution in [2.24, 2.45) is 0 Å². The Labute approximate surface area is 83.2 Å². The van der Waals surface area contributed by atoms with Crippen molar-refractivity contribution in [2.75, 3.05) is 0 Å². The molecule has 0 saturated carbocycles. The monoisotopic (exact) mass is 196 g/mol. The van der Waals surface area contributed by atoms with Crippen LogP contribution in [0.25, 0.3) is 0 Å². The fraction of sp³-hybridized carbons (Fsp3) is 0.500. The maximum absolute atomic E-state index is 5.36. The summed E-state index contributed by atoms with van der Waals surface area (Å²) in [5.41, 5.74) is 1.15. The van der Waals surface area contributed by atoms with E-state index in [9.17, 15) is 0 Å². The number of fused-ring (bicyclic) bond motifs is 1. The highest BCUT2D eigenvalue weighted by Gasteiger charge is 2.32. The van der Waals surface area contributed by atoms with Gasteiger partial charge in [0.2, 0.25) is 0 Å². The number of rotatable bonds is 0. The first-order chi connectivity index (χ1) is 6.25. The topological polar surface area (TPSA) is 18.5 Å². The van der Waals surface area contributed by atoms with E-state index in [0.29, 0.717) is 0 Å². The zero-order chi connectivity index (χ0) is 9.26. The van der Waals surface area contributed by atoms with Gasteiger partial charge in [-0.2, -0.15) is 0 Å². The molecule has 0 N–H and O–H groups in total. The Morgan fingerprint density at radius 3 is 3.15 bits per heavy atom. The summed E-state index contributed by atoms with van der Waals surface area (Å²) in [6.07, 6.45) is 7.25. The largest absolute Gasteiger partial charge is 0.449 e. The van der Waals surface area contributed by atoms with Gasteiger partial charge < -0.3 is 9.47 Å². The zero-order valence-electron chi connectivity index (χ0n) is 7.36. The molecule has 1 saturated heterocycles. The van der Waals surface area contributed by atoms with Gasteiger partial charge in [-0.25, -0.2) is 0 Å². The van der Waals surface area contributed by atoms with Crippen LogP contribution in [0.2, 0.25) is 0 Å². The predicted octanol–water partition coefficient (Wildman–Crippen LogP) is 2.35. The first-order valence-corrected chi connectivity index (χ1v) is 4.90. The molecule has 0 radical (unpaired) electrons. The molecule has 0 bridgehead atoms. The molecule has 2 rings (SSSR count). The molecule has 2 nitrogen and oxygen atoms in total. The van der Waals surface area contributed by atoms with Crippen molar-refractivity contribution in [1.29, 1.82) is 0 Å². The van der Waals surface area contributed by atoms with Crippen LogP contribution in [-0.2, 0) is 9.47 Å². The fourth-order valence-corrected chi connectivity index (χ4v) is 1.87. The van der Waals surface area contributed by atoms with E-state index in [0.717, 1.165) is 24.8 Å². The lowest BCUT2D eigenvalue weighted by molar-refractivity contribution is 0.176. The second kappa shape index (κ2) is 3.50. The quantitative estimate of drug-likeness (QED) is 0.554. The second-order valence-corrected chi connectivity index (χ2v) is 3.73. The van der Waals surface area contributed by atoms with E-state index in [1.54, 1.807) is 0 Å². The summed E-state index contributed by atoms with van der Waals surface area (Å²) in [7, 11) is 0. The van der Waals surface area contributed by atoms with E-state index in [1.807, 2.05) is 12.2 Å². The Balaban J connectivity index is 2.13. The van der Waals surface area contributed by atoms with Gasteiger partial charge in [0.1, 0.15) is 6.10 Å². The highest BCUT2D eigenvalue weighted by molar-refractivity contribution is 7.79. The highest BCUT2D eigenvalue weighted by Crippen LogP contribution is 2.25. The third-order valence-corrected chi connectivity index (χ3v) is 2.55. The molecule has 2 atom stereocenters. The number of hydrogen-bond donors (Lipinski definition) is 0. The van der Waals surface area contributed by atoms with Gasteiger partial charge in [-0.3, -0.25) is 0 Å². The van der Waals surface area contributed by atoms with Gasteiger partial charge in [0.25, 0.3) is 0 Å². The van der Waals surface area contributed by atoms with Crippen molar-refractivity contribution >= 4 is 17.5 Å². The average molecular weight is 196 g/mol. The van der Waals surface area contributed by atoms with Crippen LogP contribution in [0.5, 0.6) is 0 Å². The summed E-state index contributed by atoms with van der Waals surface area (Å²) in [5.74, 6) is 0. The molecule has 0 aromatic carbocycles. The Bertz CT molecular complexity index is 270. The molecule has 1 heterocycles. The van der Waals surface area contributed by atoms with Crippen LogP contribution >= 0.6 is 12.2 Å². The van der Waals surface area contributed by atoms with Gasteiger partial charge >= 0.3 is 5.24 Å². The van der Waals surface area contributed by atoms with Crippen LogP contribution in [-0.4, -0.2) is 17.4 Å². The molecule has 1 aliphatic heterocycles. The van der Waals surface area contributed by atoms with Crippen molar-refractivity contribution in [3.63, 3.8) is 0 Å². The molecule has 1 fully saturated rings. The van der Waals surface area contributed by atoms with Crippen LogP contribution in [0.1, 0.15) is 19.3 Å². The van der Waals surface area contributed by atoms with Gasteiger partial charge in [-0.15, -0.1) is 0 Å². The van der Waals surface area contributed by atoms with Crippen molar-refractivity contribution in [3.05, 3.63) is 24.3 Å². The fourth-order valence-electron chi connectivity index (χ4n) is 1.64. The minimum absolute atomic E-state index is 0.00421. The Hall–Kier alpha value is -0.830. The van der Waals surface area contributed by atoms with Gasteiger partial charge in [-0.1, -0.05) is 18.2 Å². The van der Waals surface area contributed by atoms with Crippen LogP contribution in [0, 0.1) is 0 Å². The van der Waals surface area contributed by atoms with E-state index in [1.165, 1.54) is 0 Å². The van der Waals surface area contributed by atoms with Gasteiger partial charge in [0.05, 0.1) is 0 Å². The molecular weight excluding hydrogens is 184 g/mol. The number of ether oxygens (including phenoxy) is 2. The molecule has 0 spiro atoms. The highest BCUT2D eigenvalue weighted by atomic mass is 32.1. The summed E-state index contributed by atoms with van der Waals surface area (Å²) < 4.78 is 10.7. The maximum Gasteiger partial charge on any atom is 0.353 e. The maximum atomic E-state index is 5.36. The summed E-state index contributed by atoms with van der Waals surface area (Å²) in [5, 5.41) is 0.284. The van der Waals surface area contributed by atoms with Crippen LogP contribution in [0.15, 0.2) is 24.3 Å². The Kier molecular flexibility index (Phi) is 2.36. The van der Waals surface area contributed by atoms with Crippen molar-refractivity contribution in [1.82, 2.24) is 0 Å². The van der Waals surface area contributed by atoms with Crippen LogP contribution in [0.3, 0.4) is 0 Å². The summed E-state index contributed by atoms with van der Waals surface area (Å²) >= 11 is 4.85. The summed E-state index contributed by atoms with van der Waals surface area (Å²) in [4.78, 5) is 0. The lowest BCUT2D eigenvalue weighted by Crippen LogP contribution is -2.21. The van der Waals surface area contributed by atoms with E-state index in [2.05, 4.69) is 6.58 Å². The van der Waals surface area contributed by atoms with E-state index in [4.69, 9.17) is 21.7 Å². The number of allylic oxidation sites excluding steroid dienone is 2. The summed E-state index contributed by atoms with van der Waals surface area (Å²) in [6.45, 7) is 3.93. The molecule has 70 valence electrons. The molecule has 2 aliphatic rings. The van der Waals surface area contributed by atoms with Gasteiger partial charge in [0, 0.05) is 12.2 Å². The van der Waals surface area contributed by atoms with E-state index < -0.39 is 0 Å². The minimum atomic E-state index is 0.00421. The third kappa shape index (κ3) is 1.91. The predicted molar refractivity (Wildman–Crippen MR) is 54.5 cm³/mol.